The van der Waals surface area contributed by atoms with Crippen LogP contribution in [0.5, 0.6) is 0 Å². The first-order valence-corrected chi connectivity index (χ1v) is 8.62. The molecule has 1 atom stereocenters. The third-order valence-electron chi connectivity index (χ3n) is 4.18. The number of nitrogens with zero attached hydrogens (tertiary/aromatic N) is 2. The van der Waals surface area contributed by atoms with Gasteiger partial charge in [-0.05, 0) is 49.7 Å². The average Bonchev–Trinajstić information content (AvgIpc) is 2.54. The normalized spacial score (nSPS) is 11.9. The highest BCUT2D eigenvalue weighted by Crippen LogP contribution is 2.22. The summed E-state index contributed by atoms with van der Waals surface area (Å²) in [4.78, 5) is 28.5. The van der Waals surface area contributed by atoms with Crippen molar-refractivity contribution in [2.75, 3.05) is 33.0 Å². The van der Waals surface area contributed by atoms with Gasteiger partial charge in [0, 0.05) is 19.8 Å². The smallest absolute Gasteiger partial charge is 0.246 e. The van der Waals surface area contributed by atoms with E-state index in [2.05, 4.69) is 11.4 Å². The fraction of sp³-hybridized carbons (Fsp3) is 0.333. The van der Waals surface area contributed by atoms with Crippen molar-refractivity contribution >= 4 is 17.5 Å². The molecule has 5 nitrogen and oxygen atoms in total. The van der Waals surface area contributed by atoms with Gasteiger partial charge in [0.1, 0.15) is 6.04 Å². The molecule has 138 valence electrons. The maximum Gasteiger partial charge on any atom is 0.246 e. The van der Waals surface area contributed by atoms with Crippen LogP contribution in [0.3, 0.4) is 0 Å². The van der Waals surface area contributed by atoms with Crippen molar-refractivity contribution in [3.63, 3.8) is 0 Å². The van der Waals surface area contributed by atoms with E-state index in [9.17, 15) is 9.59 Å². The molecule has 0 spiro atoms. The van der Waals surface area contributed by atoms with Crippen LogP contribution in [0.25, 0.3) is 0 Å². The number of amides is 2. The second-order valence-electron chi connectivity index (χ2n) is 6.88. The number of carbonyl (C=O) groups excluding carboxylic acids is 2. The molecule has 2 amide bonds. The summed E-state index contributed by atoms with van der Waals surface area (Å²) >= 11 is 0. The van der Waals surface area contributed by atoms with Gasteiger partial charge in [0.15, 0.2) is 0 Å². The lowest BCUT2D eigenvalue weighted by atomic mass is 10.0. The van der Waals surface area contributed by atoms with E-state index >= 15 is 0 Å². The van der Waals surface area contributed by atoms with Gasteiger partial charge in [-0.1, -0.05) is 36.4 Å². The van der Waals surface area contributed by atoms with Crippen LogP contribution in [0.15, 0.2) is 48.5 Å². The van der Waals surface area contributed by atoms with Crippen LogP contribution >= 0.6 is 0 Å². The Morgan fingerprint density at radius 1 is 0.962 bits per heavy atom. The number of hydrogen-bond acceptors (Lipinski definition) is 3. The molecule has 2 aromatic carbocycles. The van der Waals surface area contributed by atoms with E-state index in [0.29, 0.717) is 0 Å². The summed E-state index contributed by atoms with van der Waals surface area (Å²) in [7, 11) is 5.22. The third kappa shape index (κ3) is 5.17. The van der Waals surface area contributed by atoms with Crippen molar-refractivity contribution in [2.45, 2.75) is 19.9 Å². The predicted octanol–water partition coefficient (Wildman–Crippen LogP) is 3.00. The maximum absolute atomic E-state index is 13.1. The van der Waals surface area contributed by atoms with E-state index < -0.39 is 6.04 Å². The Hall–Kier alpha value is -2.66. The van der Waals surface area contributed by atoms with Crippen molar-refractivity contribution in [1.82, 2.24) is 9.80 Å². The van der Waals surface area contributed by atoms with Gasteiger partial charge in [0.2, 0.25) is 11.8 Å². The van der Waals surface area contributed by atoms with E-state index in [0.717, 1.165) is 22.4 Å². The molecule has 0 bridgehead atoms. The van der Waals surface area contributed by atoms with E-state index in [1.54, 1.807) is 26.0 Å². The lowest BCUT2D eigenvalue weighted by molar-refractivity contribution is -0.131. The standard InChI is InChI=1S/C21H27N3O2/c1-15-11-16(2)13-18(12-15)22-21(26)20(17-9-7-6-8-10-17)24(5)14-19(25)23(3)4/h6-13,20H,14H2,1-5H3,(H,22,26)/t20-/m0/s1. The zero-order valence-corrected chi connectivity index (χ0v) is 16.1. The highest BCUT2D eigenvalue weighted by atomic mass is 16.2. The molecule has 5 heteroatoms. The summed E-state index contributed by atoms with van der Waals surface area (Å²) in [6.07, 6.45) is 0. The largest absolute Gasteiger partial charge is 0.348 e. The highest BCUT2D eigenvalue weighted by molar-refractivity contribution is 5.96. The summed E-state index contributed by atoms with van der Waals surface area (Å²) in [5, 5.41) is 3.00. The van der Waals surface area contributed by atoms with Crippen molar-refractivity contribution in [3.05, 3.63) is 65.2 Å². The molecule has 0 unspecified atom stereocenters. The van der Waals surface area contributed by atoms with Crippen molar-refractivity contribution in [1.29, 1.82) is 0 Å². The predicted molar refractivity (Wildman–Crippen MR) is 105 cm³/mol. The van der Waals surface area contributed by atoms with Crippen LogP contribution in [-0.4, -0.2) is 49.3 Å². The minimum absolute atomic E-state index is 0.0485. The molecular formula is C21H27N3O2. The number of anilines is 1. The van der Waals surface area contributed by atoms with Crippen LogP contribution in [-0.2, 0) is 9.59 Å². The van der Waals surface area contributed by atoms with Crippen LogP contribution < -0.4 is 5.32 Å². The molecule has 2 rings (SSSR count). The molecule has 26 heavy (non-hydrogen) atoms. The number of hydrogen-bond donors (Lipinski definition) is 1. The van der Waals surface area contributed by atoms with Gasteiger partial charge in [-0.25, -0.2) is 0 Å². The molecule has 0 aliphatic rings. The summed E-state index contributed by atoms with van der Waals surface area (Å²) in [6.45, 7) is 4.16. The number of aryl methyl sites for hydroxylation is 2. The SMILES string of the molecule is Cc1cc(C)cc(NC(=O)[C@H](c2ccccc2)N(C)CC(=O)N(C)C)c1. The van der Waals surface area contributed by atoms with E-state index in [1.807, 2.05) is 56.3 Å². The Kier molecular flexibility index (Phi) is 6.52. The maximum atomic E-state index is 13.1. The lowest BCUT2D eigenvalue weighted by Crippen LogP contribution is -2.41. The van der Waals surface area contributed by atoms with Gasteiger partial charge in [0.05, 0.1) is 6.54 Å². The van der Waals surface area contributed by atoms with Crippen LogP contribution in [0.1, 0.15) is 22.7 Å². The molecule has 0 aliphatic heterocycles. The molecule has 0 heterocycles. The molecule has 0 aliphatic carbocycles. The summed E-state index contributed by atoms with van der Waals surface area (Å²) in [5.74, 6) is -0.206. The molecule has 0 fully saturated rings. The van der Waals surface area contributed by atoms with Gasteiger partial charge in [0.25, 0.3) is 0 Å². The topological polar surface area (TPSA) is 52.7 Å². The third-order valence-corrected chi connectivity index (χ3v) is 4.18. The quantitative estimate of drug-likeness (QED) is 0.869. The number of rotatable bonds is 6. The van der Waals surface area contributed by atoms with Crippen molar-refractivity contribution in [2.24, 2.45) is 0 Å². The molecule has 0 radical (unpaired) electrons. The molecule has 1 N–H and O–H groups in total. The second kappa shape index (κ2) is 8.63. The van der Waals surface area contributed by atoms with Crippen molar-refractivity contribution < 1.29 is 9.59 Å². The van der Waals surface area contributed by atoms with Gasteiger partial charge in [-0.3, -0.25) is 14.5 Å². The van der Waals surface area contributed by atoms with Gasteiger partial charge < -0.3 is 10.2 Å². The van der Waals surface area contributed by atoms with Crippen LogP contribution in [0, 0.1) is 13.8 Å². The van der Waals surface area contributed by atoms with Crippen LogP contribution in [0.4, 0.5) is 5.69 Å². The minimum Gasteiger partial charge on any atom is -0.348 e. The summed E-state index contributed by atoms with van der Waals surface area (Å²) in [5.41, 5.74) is 3.80. The van der Waals surface area contributed by atoms with E-state index in [1.165, 1.54) is 4.90 Å². The first kappa shape index (κ1) is 19.7. The van der Waals surface area contributed by atoms with E-state index in [-0.39, 0.29) is 18.4 Å². The summed E-state index contributed by atoms with van der Waals surface area (Å²) in [6, 6.07) is 14.9. The zero-order valence-electron chi connectivity index (χ0n) is 16.1. The number of carbonyl (C=O) groups is 2. The number of nitrogens with one attached hydrogen (secondary N) is 1. The van der Waals surface area contributed by atoms with E-state index in [4.69, 9.17) is 0 Å². The zero-order chi connectivity index (χ0) is 19.3. The van der Waals surface area contributed by atoms with Crippen LogP contribution in [0.2, 0.25) is 0 Å². The minimum atomic E-state index is -0.555. The Balaban J connectivity index is 2.28. The second-order valence-corrected chi connectivity index (χ2v) is 6.88. The first-order valence-electron chi connectivity index (χ1n) is 8.62. The molecular weight excluding hydrogens is 326 g/mol. The molecule has 2 aromatic rings. The van der Waals surface area contributed by atoms with Gasteiger partial charge in [-0.15, -0.1) is 0 Å². The average molecular weight is 353 g/mol. The molecule has 0 aromatic heterocycles. The Labute approximate surface area is 155 Å². The molecule has 0 saturated heterocycles. The fourth-order valence-electron chi connectivity index (χ4n) is 2.94. The Morgan fingerprint density at radius 2 is 1.54 bits per heavy atom. The van der Waals surface area contributed by atoms with Gasteiger partial charge >= 0.3 is 0 Å². The Morgan fingerprint density at radius 3 is 2.08 bits per heavy atom. The lowest BCUT2D eigenvalue weighted by Gasteiger charge is -2.28. The Bertz CT molecular complexity index is 752. The summed E-state index contributed by atoms with van der Waals surface area (Å²) < 4.78 is 0. The molecule has 0 saturated carbocycles. The highest BCUT2D eigenvalue weighted by Gasteiger charge is 2.27. The van der Waals surface area contributed by atoms with Crippen molar-refractivity contribution in [3.8, 4) is 0 Å². The fourth-order valence-corrected chi connectivity index (χ4v) is 2.94. The first-order chi connectivity index (χ1) is 12.3. The monoisotopic (exact) mass is 353 g/mol. The van der Waals surface area contributed by atoms with Gasteiger partial charge in [-0.2, -0.15) is 0 Å². The number of benzene rings is 2. The number of likely N-dealkylation sites (N-methyl/N-ethyl adjacent to an activating group) is 2.